The normalized spacial score (nSPS) is 23.7. The van der Waals surface area contributed by atoms with Crippen molar-refractivity contribution in [3.8, 4) is 0 Å². The van der Waals surface area contributed by atoms with E-state index in [4.69, 9.17) is 0 Å². The van der Waals surface area contributed by atoms with Crippen LogP contribution in [0.1, 0.15) is 25.7 Å². The van der Waals surface area contributed by atoms with E-state index in [1.54, 1.807) is 0 Å². The first-order valence-corrected chi connectivity index (χ1v) is 3.11. The molecule has 9 heavy (non-hydrogen) atoms. The Labute approximate surface area is 53.6 Å². The zero-order valence-corrected chi connectivity index (χ0v) is 5.17. The zero-order valence-electron chi connectivity index (χ0n) is 5.17. The van der Waals surface area contributed by atoms with Gasteiger partial charge in [-0.2, -0.15) is 0 Å². The third-order valence-corrected chi connectivity index (χ3v) is 1.65. The van der Waals surface area contributed by atoms with E-state index < -0.39 is 5.79 Å². The van der Waals surface area contributed by atoms with Gasteiger partial charge in [-0.15, -0.1) is 0 Å². The largest absolute Gasteiger partial charge is 0.435 e. The van der Waals surface area contributed by atoms with E-state index in [1.807, 2.05) is 0 Å². The Hall–Kier alpha value is -0.570. The second-order valence-electron chi connectivity index (χ2n) is 2.37. The molecule has 3 nitrogen and oxygen atoms in total. The van der Waals surface area contributed by atoms with Crippen LogP contribution in [-0.4, -0.2) is 17.4 Å². The maximum atomic E-state index is 9.78. The van der Waals surface area contributed by atoms with Crippen molar-refractivity contribution in [1.29, 1.82) is 0 Å². The molecule has 1 rings (SSSR count). The molecule has 0 radical (unpaired) electrons. The highest BCUT2D eigenvalue weighted by molar-refractivity contribution is 5.38. The summed E-state index contributed by atoms with van der Waals surface area (Å²) in [4.78, 5) is 9.78. The summed E-state index contributed by atoms with van der Waals surface area (Å²) in [6, 6.07) is 0. The Kier molecular flexibility index (Phi) is 1.71. The van der Waals surface area contributed by atoms with Gasteiger partial charge in [0, 0.05) is 12.8 Å². The predicted octanol–water partition coefficient (Wildman–Crippen LogP) is 0.422. The van der Waals surface area contributed by atoms with Gasteiger partial charge < -0.3 is 9.84 Å². The molecule has 0 saturated heterocycles. The lowest BCUT2D eigenvalue weighted by Crippen LogP contribution is -2.27. The first kappa shape index (κ1) is 6.55. The van der Waals surface area contributed by atoms with Crippen molar-refractivity contribution in [1.82, 2.24) is 0 Å². The summed E-state index contributed by atoms with van der Waals surface area (Å²) in [5.41, 5.74) is 0. The number of ether oxygens (including phenoxy) is 1. The van der Waals surface area contributed by atoms with Crippen LogP contribution in [-0.2, 0) is 9.53 Å². The van der Waals surface area contributed by atoms with Gasteiger partial charge in [0.1, 0.15) is 0 Å². The van der Waals surface area contributed by atoms with Crippen LogP contribution in [0.3, 0.4) is 0 Å². The molecular formula is C6H10O3. The molecule has 3 heteroatoms. The van der Waals surface area contributed by atoms with Gasteiger partial charge >= 0.3 is 0 Å². The van der Waals surface area contributed by atoms with E-state index in [-0.39, 0.29) is 0 Å². The maximum Gasteiger partial charge on any atom is 0.295 e. The number of carbonyl (C=O) groups excluding carboxylic acids is 1. The molecule has 0 amide bonds. The van der Waals surface area contributed by atoms with E-state index in [2.05, 4.69) is 4.74 Å². The SMILES string of the molecule is O=COC1(O)CCCC1. The van der Waals surface area contributed by atoms with E-state index in [0.29, 0.717) is 19.3 Å². The van der Waals surface area contributed by atoms with Crippen LogP contribution >= 0.6 is 0 Å². The Morgan fingerprint density at radius 1 is 1.44 bits per heavy atom. The molecule has 0 bridgehead atoms. The molecule has 0 spiro atoms. The fraction of sp³-hybridized carbons (Fsp3) is 0.833. The minimum absolute atomic E-state index is 0.311. The maximum absolute atomic E-state index is 9.78. The molecule has 1 fully saturated rings. The smallest absolute Gasteiger partial charge is 0.295 e. The minimum atomic E-state index is -1.12. The second-order valence-corrected chi connectivity index (χ2v) is 2.37. The predicted molar refractivity (Wildman–Crippen MR) is 30.6 cm³/mol. The highest BCUT2D eigenvalue weighted by Crippen LogP contribution is 2.29. The van der Waals surface area contributed by atoms with E-state index >= 15 is 0 Å². The van der Waals surface area contributed by atoms with Crippen LogP contribution in [0.5, 0.6) is 0 Å². The van der Waals surface area contributed by atoms with E-state index in [1.165, 1.54) is 0 Å². The molecule has 0 atom stereocenters. The number of rotatable bonds is 2. The molecule has 0 heterocycles. The summed E-state index contributed by atoms with van der Waals surface area (Å²) in [5.74, 6) is -1.12. The Morgan fingerprint density at radius 3 is 2.44 bits per heavy atom. The number of hydrogen-bond acceptors (Lipinski definition) is 3. The summed E-state index contributed by atoms with van der Waals surface area (Å²) in [6.07, 6.45) is 3.08. The van der Waals surface area contributed by atoms with Gasteiger partial charge in [-0.25, -0.2) is 0 Å². The van der Waals surface area contributed by atoms with Crippen LogP contribution in [0.15, 0.2) is 0 Å². The molecule has 0 aromatic rings. The Bertz CT molecular complexity index is 105. The molecule has 0 unspecified atom stereocenters. The highest BCUT2D eigenvalue weighted by Gasteiger charge is 2.32. The summed E-state index contributed by atoms with van der Waals surface area (Å²) in [6.45, 7) is 0.311. The molecule has 1 aliphatic rings. The molecule has 0 aromatic heterocycles. The van der Waals surface area contributed by atoms with Gasteiger partial charge in [0.25, 0.3) is 6.47 Å². The average Bonchev–Trinajstić information content (AvgIpc) is 2.16. The summed E-state index contributed by atoms with van der Waals surface area (Å²) >= 11 is 0. The molecule has 52 valence electrons. The Morgan fingerprint density at radius 2 is 2.00 bits per heavy atom. The van der Waals surface area contributed by atoms with E-state index in [9.17, 15) is 9.90 Å². The first-order valence-electron chi connectivity index (χ1n) is 3.11. The third kappa shape index (κ3) is 1.42. The molecule has 1 aliphatic carbocycles. The van der Waals surface area contributed by atoms with Gasteiger partial charge in [0.15, 0.2) is 0 Å². The summed E-state index contributed by atoms with van der Waals surface area (Å²) in [5, 5.41) is 9.24. The standard InChI is InChI=1S/C6H10O3/c7-5-9-6(8)3-1-2-4-6/h5,8H,1-4H2. The van der Waals surface area contributed by atoms with Crippen molar-refractivity contribution in [3.05, 3.63) is 0 Å². The van der Waals surface area contributed by atoms with Crippen molar-refractivity contribution in [2.24, 2.45) is 0 Å². The van der Waals surface area contributed by atoms with Gasteiger partial charge in [-0.3, -0.25) is 4.79 Å². The second kappa shape index (κ2) is 2.35. The van der Waals surface area contributed by atoms with Crippen LogP contribution in [0.25, 0.3) is 0 Å². The van der Waals surface area contributed by atoms with Gasteiger partial charge in [0.05, 0.1) is 0 Å². The fourth-order valence-corrected chi connectivity index (χ4v) is 1.13. The number of carbonyl (C=O) groups is 1. The number of aliphatic hydroxyl groups is 1. The first-order chi connectivity index (χ1) is 4.27. The molecule has 1 N–H and O–H groups in total. The van der Waals surface area contributed by atoms with Crippen LogP contribution in [0.2, 0.25) is 0 Å². The monoisotopic (exact) mass is 130 g/mol. The van der Waals surface area contributed by atoms with E-state index in [0.717, 1.165) is 12.8 Å². The molecular weight excluding hydrogens is 120 g/mol. The molecule has 0 aromatic carbocycles. The van der Waals surface area contributed by atoms with Crippen LogP contribution < -0.4 is 0 Å². The quantitative estimate of drug-likeness (QED) is 0.435. The van der Waals surface area contributed by atoms with Crippen LogP contribution in [0, 0.1) is 0 Å². The lowest BCUT2D eigenvalue weighted by atomic mass is 10.2. The lowest BCUT2D eigenvalue weighted by molar-refractivity contribution is -0.192. The minimum Gasteiger partial charge on any atom is -0.435 e. The topological polar surface area (TPSA) is 46.5 Å². The zero-order chi connectivity index (χ0) is 6.74. The summed E-state index contributed by atoms with van der Waals surface area (Å²) in [7, 11) is 0. The molecule has 1 saturated carbocycles. The van der Waals surface area contributed by atoms with Crippen molar-refractivity contribution in [3.63, 3.8) is 0 Å². The fourth-order valence-electron chi connectivity index (χ4n) is 1.13. The van der Waals surface area contributed by atoms with Crippen molar-refractivity contribution in [2.75, 3.05) is 0 Å². The number of hydrogen-bond donors (Lipinski definition) is 1. The van der Waals surface area contributed by atoms with Crippen molar-refractivity contribution < 1.29 is 14.6 Å². The summed E-state index contributed by atoms with van der Waals surface area (Å²) < 4.78 is 4.47. The average molecular weight is 130 g/mol. The highest BCUT2D eigenvalue weighted by atomic mass is 16.6. The Balaban J connectivity index is 2.40. The lowest BCUT2D eigenvalue weighted by Gasteiger charge is -2.18. The van der Waals surface area contributed by atoms with Gasteiger partial charge in [0.2, 0.25) is 5.79 Å². The third-order valence-electron chi connectivity index (χ3n) is 1.65. The van der Waals surface area contributed by atoms with Crippen LogP contribution in [0.4, 0.5) is 0 Å². The van der Waals surface area contributed by atoms with Gasteiger partial charge in [-0.1, -0.05) is 0 Å². The molecule has 0 aliphatic heterocycles. The van der Waals surface area contributed by atoms with Crippen molar-refractivity contribution >= 4 is 6.47 Å². The van der Waals surface area contributed by atoms with Gasteiger partial charge in [-0.05, 0) is 12.8 Å². The van der Waals surface area contributed by atoms with Crippen molar-refractivity contribution in [2.45, 2.75) is 31.5 Å².